The van der Waals surface area contributed by atoms with E-state index in [9.17, 15) is 4.79 Å². The van der Waals surface area contributed by atoms with Crippen LogP contribution in [0.1, 0.15) is 56.5 Å². The third kappa shape index (κ3) is 3.27. The highest BCUT2D eigenvalue weighted by molar-refractivity contribution is 7.13. The Hall–Kier alpha value is -2.54. The maximum absolute atomic E-state index is 13.1. The van der Waals surface area contributed by atoms with E-state index < -0.39 is 0 Å². The maximum Gasteiger partial charge on any atom is 0.285 e. The second-order valence-electron chi connectivity index (χ2n) is 7.00. The summed E-state index contributed by atoms with van der Waals surface area (Å²) in [4.78, 5) is 15.0. The third-order valence-electron chi connectivity index (χ3n) is 5.24. The molecule has 0 spiro atoms. The number of nitrogens with zero attached hydrogens (tertiary/aromatic N) is 5. The van der Waals surface area contributed by atoms with Gasteiger partial charge in [0, 0.05) is 43.7 Å². The Kier molecular flexibility index (Phi) is 4.78. The van der Waals surface area contributed by atoms with Gasteiger partial charge in [0.15, 0.2) is 0 Å². The number of rotatable bonds is 4. The number of hydrogen-bond acceptors (Lipinski definition) is 5. The molecule has 0 N–H and O–H groups in total. The van der Waals surface area contributed by atoms with Crippen molar-refractivity contribution in [3.63, 3.8) is 0 Å². The van der Waals surface area contributed by atoms with Crippen LogP contribution < -0.4 is 0 Å². The van der Waals surface area contributed by atoms with Crippen LogP contribution in [0.25, 0.3) is 0 Å². The number of aromatic nitrogens is 4. The average Bonchev–Trinajstić information content (AvgIpc) is 3.28. The average molecular weight is 382 g/mol. The summed E-state index contributed by atoms with van der Waals surface area (Å²) in [7, 11) is 1.95. The van der Waals surface area contributed by atoms with Crippen LogP contribution in [0.3, 0.4) is 0 Å². The van der Waals surface area contributed by atoms with Crippen LogP contribution in [0, 0.1) is 6.92 Å². The van der Waals surface area contributed by atoms with Crippen molar-refractivity contribution in [1.82, 2.24) is 24.9 Å². The first-order chi connectivity index (χ1) is 13.1. The molecule has 1 atom stereocenters. The van der Waals surface area contributed by atoms with E-state index in [-0.39, 0.29) is 11.8 Å². The van der Waals surface area contributed by atoms with Gasteiger partial charge < -0.3 is 4.90 Å². The van der Waals surface area contributed by atoms with Crippen LogP contribution in [0.2, 0.25) is 0 Å². The minimum absolute atomic E-state index is 0.0316. The van der Waals surface area contributed by atoms with E-state index in [2.05, 4.69) is 47.3 Å². The predicted molar refractivity (Wildman–Crippen MR) is 105 cm³/mol. The monoisotopic (exact) mass is 381 g/mol. The van der Waals surface area contributed by atoms with Crippen molar-refractivity contribution < 1.29 is 4.79 Å². The fourth-order valence-corrected chi connectivity index (χ4v) is 4.58. The molecule has 1 aliphatic rings. The summed E-state index contributed by atoms with van der Waals surface area (Å²) in [5, 5.41) is 14.1. The Balaban J connectivity index is 1.68. The molecule has 2 aromatic heterocycles. The molecule has 0 radical (unpaired) electrons. The van der Waals surface area contributed by atoms with E-state index in [0.29, 0.717) is 18.1 Å². The number of fused-ring (bicyclic) bond motifs is 1. The van der Waals surface area contributed by atoms with Crippen LogP contribution in [-0.4, -0.2) is 37.3 Å². The van der Waals surface area contributed by atoms with E-state index in [1.807, 2.05) is 28.9 Å². The molecule has 0 saturated heterocycles. The summed E-state index contributed by atoms with van der Waals surface area (Å²) < 4.78 is 1.89. The van der Waals surface area contributed by atoms with Gasteiger partial charge in [-0.25, -0.2) is 0 Å². The highest BCUT2D eigenvalue weighted by Gasteiger charge is 2.32. The zero-order valence-electron chi connectivity index (χ0n) is 15.8. The fraction of sp³-hybridized carbons (Fsp3) is 0.400. The molecule has 140 valence electrons. The van der Waals surface area contributed by atoms with Gasteiger partial charge in [-0.15, -0.1) is 10.2 Å². The molecule has 3 aromatic rings. The second kappa shape index (κ2) is 7.23. The van der Waals surface area contributed by atoms with Gasteiger partial charge in [-0.05, 0) is 24.5 Å². The van der Waals surface area contributed by atoms with Crippen molar-refractivity contribution in [2.45, 2.75) is 39.2 Å². The summed E-state index contributed by atoms with van der Waals surface area (Å²) in [6.07, 6.45) is 3.79. The lowest BCUT2D eigenvalue weighted by atomic mass is 9.85. The van der Waals surface area contributed by atoms with Gasteiger partial charge in [-0.1, -0.05) is 42.5 Å². The van der Waals surface area contributed by atoms with Gasteiger partial charge in [-0.2, -0.15) is 5.10 Å². The smallest absolute Gasteiger partial charge is 0.285 e. The highest BCUT2D eigenvalue weighted by atomic mass is 32.1. The Bertz CT molecular complexity index is 976. The number of benzene rings is 1. The Morgan fingerprint density at radius 1 is 1.26 bits per heavy atom. The van der Waals surface area contributed by atoms with Crippen molar-refractivity contribution in [3.8, 4) is 0 Å². The van der Waals surface area contributed by atoms with Gasteiger partial charge in [0.25, 0.3) is 5.91 Å². The molecule has 1 aromatic carbocycles. The van der Waals surface area contributed by atoms with Crippen molar-refractivity contribution in [1.29, 1.82) is 0 Å². The standard InChI is InChI=1S/C20H23N5OS/c1-4-7-18-22-23-19(27-18)20(26)25-11-14-8-5-6-9-15(14)17(12-25)16-10-21-24(3)13(16)2/h5-6,8-10,17H,4,7,11-12H2,1-3H3. The van der Waals surface area contributed by atoms with Crippen LogP contribution in [0.15, 0.2) is 30.5 Å². The van der Waals surface area contributed by atoms with Crippen molar-refractivity contribution in [2.24, 2.45) is 7.05 Å². The van der Waals surface area contributed by atoms with Gasteiger partial charge in [0.2, 0.25) is 5.01 Å². The molecule has 7 heteroatoms. The second-order valence-corrected chi connectivity index (χ2v) is 8.06. The van der Waals surface area contributed by atoms with Crippen molar-refractivity contribution in [3.05, 3.63) is 62.9 Å². The van der Waals surface area contributed by atoms with E-state index in [0.717, 1.165) is 23.5 Å². The zero-order valence-corrected chi connectivity index (χ0v) is 16.7. The summed E-state index contributed by atoms with van der Waals surface area (Å²) in [5.74, 6) is 0.0894. The first kappa shape index (κ1) is 17.9. The lowest BCUT2D eigenvalue weighted by Gasteiger charge is -2.34. The SMILES string of the molecule is CCCc1nnc(C(=O)N2Cc3ccccc3C(c3cnn(C)c3C)C2)s1. The normalized spacial score (nSPS) is 16.4. The van der Waals surface area contributed by atoms with Gasteiger partial charge in [-0.3, -0.25) is 9.48 Å². The van der Waals surface area contributed by atoms with Crippen molar-refractivity contribution in [2.75, 3.05) is 6.54 Å². The Labute approximate surface area is 162 Å². The Morgan fingerprint density at radius 3 is 2.81 bits per heavy atom. The number of aryl methyl sites for hydroxylation is 2. The molecular formula is C20H23N5OS. The molecule has 1 aliphatic heterocycles. The predicted octanol–water partition coefficient (Wildman–Crippen LogP) is 3.32. The number of carbonyl (C=O) groups excluding carboxylic acids is 1. The lowest BCUT2D eigenvalue weighted by molar-refractivity contribution is 0.0723. The van der Waals surface area contributed by atoms with Crippen LogP contribution in [-0.2, 0) is 20.0 Å². The maximum atomic E-state index is 13.1. The molecule has 1 unspecified atom stereocenters. The number of carbonyl (C=O) groups is 1. The first-order valence-corrected chi connectivity index (χ1v) is 10.1. The summed E-state index contributed by atoms with van der Waals surface area (Å²) in [6.45, 7) is 5.41. The van der Waals surface area contributed by atoms with Gasteiger partial charge in [0.1, 0.15) is 5.01 Å². The minimum atomic E-state index is -0.0316. The molecule has 6 nitrogen and oxygen atoms in total. The van der Waals surface area contributed by atoms with Gasteiger partial charge in [0.05, 0.1) is 6.20 Å². The van der Waals surface area contributed by atoms with E-state index in [1.54, 1.807) is 0 Å². The van der Waals surface area contributed by atoms with Crippen LogP contribution in [0.5, 0.6) is 0 Å². The van der Waals surface area contributed by atoms with Crippen LogP contribution >= 0.6 is 11.3 Å². The van der Waals surface area contributed by atoms with Gasteiger partial charge >= 0.3 is 0 Å². The first-order valence-electron chi connectivity index (χ1n) is 9.26. The largest absolute Gasteiger partial charge is 0.331 e. The summed E-state index contributed by atoms with van der Waals surface area (Å²) in [5.41, 5.74) is 4.77. The van der Waals surface area contributed by atoms with E-state index in [1.165, 1.54) is 28.0 Å². The van der Waals surface area contributed by atoms with E-state index in [4.69, 9.17) is 0 Å². The number of amides is 1. The molecule has 0 fully saturated rings. The molecule has 0 aliphatic carbocycles. The highest BCUT2D eigenvalue weighted by Crippen LogP contribution is 2.35. The Morgan fingerprint density at radius 2 is 2.07 bits per heavy atom. The zero-order chi connectivity index (χ0) is 19.0. The van der Waals surface area contributed by atoms with Crippen LogP contribution in [0.4, 0.5) is 0 Å². The fourth-order valence-electron chi connectivity index (χ4n) is 3.68. The lowest BCUT2D eigenvalue weighted by Crippen LogP contribution is -2.38. The molecule has 4 rings (SSSR count). The number of hydrogen-bond donors (Lipinski definition) is 0. The minimum Gasteiger partial charge on any atom is -0.331 e. The summed E-state index contributed by atoms with van der Waals surface area (Å²) in [6, 6.07) is 8.37. The summed E-state index contributed by atoms with van der Waals surface area (Å²) >= 11 is 1.41. The molecule has 0 saturated carbocycles. The topological polar surface area (TPSA) is 63.9 Å². The molecule has 27 heavy (non-hydrogen) atoms. The van der Waals surface area contributed by atoms with E-state index >= 15 is 0 Å². The third-order valence-corrected chi connectivity index (χ3v) is 6.22. The molecule has 1 amide bonds. The van der Waals surface area contributed by atoms with Crippen molar-refractivity contribution >= 4 is 17.2 Å². The quantitative estimate of drug-likeness (QED) is 0.695. The molecule has 0 bridgehead atoms. The molecule has 3 heterocycles. The molecular weight excluding hydrogens is 358 g/mol.